The molecule has 0 fully saturated rings. The molecular weight excluding hydrogens is 306 g/mol. The number of rotatable bonds is 6. The van der Waals surface area contributed by atoms with Crippen LogP contribution in [0.2, 0.25) is 0 Å². The van der Waals surface area contributed by atoms with Gasteiger partial charge in [-0.3, -0.25) is 14.9 Å². The third kappa shape index (κ3) is 3.92. The van der Waals surface area contributed by atoms with Crippen LogP contribution in [0, 0.1) is 6.92 Å². The van der Waals surface area contributed by atoms with Gasteiger partial charge in [-0.15, -0.1) is 11.3 Å². The molecule has 118 valence electrons. The second-order valence-electron chi connectivity index (χ2n) is 4.59. The molecule has 0 aliphatic rings. The number of nitrogens with zero attached hydrogens (tertiary/aromatic N) is 2. The normalized spacial score (nSPS) is 10.5. The van der Waals surface area contributed by atoms with Crippen molar-refractivity contribution in [3.05, 3.63) is 39.3 Å². The number of carbonyl (C=O) groups excluding carboxylic acids is 1. The fourth-order valence-corrected chi connectivity index (χ4v) is 2.40. The zero-order chi connectivity index (χ0) is 16.1. The molecule has 0 aliphatic carbocycles. The lowest BCUT2D eigenvalue weighted by Crippen LogP contribution is -2.22. The van der Waals surface area contributed by atoms with Gasteiger partial charge in [0.1, 0.15) is 12.4 Å². The summed E-state index contributed by atoms with van der Waals surface area (Å²) in [5.74, 6) is -0.150. The number of hydrogen-bond donors (Lipinski definition) is 1. The summed E-state index contributed by atoms with van der Waals surface area (Å²) in [5.41, 5.74) is 0.845. The highest BCUT2D eigenvalue weighted by Gasteiger charge is 2.16. The SMILES string of the molecule is COCCOc1cc(=O)n(C)cc1C(=O)Nc1nc(C)cs1. The number of carbonyl (C=O) groups is 1. The topological polar surface area (TPSA) is 82.5 Å². The first-order chi connectivity index (χ1) is 10.5. The van der Waals surface area contributed by atoms with Gasteiger partial charge in [0.05, 0.1) is 17.9 Å². The minimum absolute atomic E-state index is 0.228. The van der Waals surface area contributed by atoms with Gasteiger partial charge in [-0.05, 0) is 6.92 Å². The van der Waals surface area contributed by atoms with Gasteiger partial charge in [0.15, 0.2) is 5.13 Å². The quantitative estimate of drug-likeness (QED) is 0.813. The number of ether oxygens (including phenoxy) is 2. The van der Waals surface area contributed by atoms with Crippen LogP contribution in [0.4, 0.5) is 5.13 Å². The number of amides is 1. The number of aromatic nitrogens is 2. The zero-order valence-corrected chi connectivity index (χ0v) is 13.4. The van der Waals surface area contributed by atoms with Gasteiger partial charge in [-0.1, -0.05) is 0 Å². The van der Waals surface area contributed by atoms with E-state index in [1.807, 2.05) is 12.3 Å². The molecule has 0 unspecified atom stereocenters. The average molecular weight is 323 g/mol. The predicted molar refractivity (Wildman–Crippen MR) is 83.9 cm³/mol. The zero-order valence-electron chi connectivity index (χ0n) is 12.6. The summed E-state index contributed by atoms with van der Waals surface area (Å²) < 4.78 is 11.7. The van der Waals surface area contributed by atoms with Crippen LogP contribution in [0.15, 0.2) is 22.4 Å². The lowest BCUT2D eigenvalue weighted by Gasteiger charge is -2.11. The van der Waals surface area contributed by atoms with E-state index in [1.54, 1.807) is 14.2 Å². The second-order valence-corrected chi connectivity index (χ2v) is 5.45. The van der Waals surface area contributed by atoms with Gasteiger partial charge >= 0.3 is 0 Å². The van der Waals surface area contributed by atoms with E-state index < -0.39 is 0 Å². The highest BCUT2D eigenvalue weighted by molar-refractivity contribution is 7.13. The minimum Gasteiger partial charge on any atom is -0.490 e. The molecule has 2 heterocycles. The first-order valence-electron chi connectivity index (χ1n) is 6.57. The number of nitrogens with one attached hydrogen (secondary N) is 1. The molecule has 2 aromatic rings. The maximum Gasteiger partial charge on any atom is 0.262 e. The summed E-state index contributed by atoms with van der Waals surface area (Å²) in [6.07, 6.45) is 1.44. The molecule has 0 aromatic carbocycles. The van der Waals surface area contributed by atoms with Crippen LogP contribution in [-0.2, 0) is 11.8 Å². The molecule has 0 bridgehead atoms. The van der Waals surface area contributed by atoms with Crippen molar-refractivity contribution in [3.8, 4) is 5.75 Å². The van der Waals surface area contributed by atoms with Crippen LogP contribution >= 0.6 is 11.3 Å². The maximum absolute atomic E-state index is 12.4. The Morgan fingerprint density at radius 2 is 2.23 bits per heavy atom. The van der Waals surface area contributed by atoms with E-state index in [0.717, 1.165) is 5.69 Å². The van der Waals surface area contributed by atoms with Gasteiger partial charge in [0.25, 0.3) is 11.5 Å². The molecular formula is C14H17N3O4S. The Hall–Kier alpha value is -2.19. The largest absolute Gasteiger partial charge is 0.490 e. The van der Waals surface area contributed by atoms with E-state index in [9.17, 15) is 9.59 Å². The van der Waals surface area contributed by atoms with Crippen molar-refractivity contribution >= 4 is 22.4 Å². The Balaban J connectivity index is 2.25. The van der Waals surface area contributed by atoms with E-state index >= 15 is 0 Å². The third-order valence-corrected chi connectivity index (χ3v) is 3.70. The Morgan fingerprint density at radius 1 is 1.45 bits per heavy atom. The third-order valence-electron chi connectivity index (χ3n) is 2.82. The number of methoxy groups -OCH3 is 1. The summed E-state index contributed by atoms with van der Waals surface area (Å²) in [7, 11) is 3.12. The summed E-state index contributed by atoms with van der Waals surface area (Å²) in [4.78, 5) is 28.3. The van der Waals surface area contributed by atoms with Crippen LogP contribution in [0.3, 0.4) is 0 Å². The molecule has 0 spiro atoms. The lowest BCUT2D eigenvalue weighted by atomic mass is 10.2. The van der Waals surface area contributed by atoms with Crippen molar-refractivity contribution in [2.75, 3.05) is 25.6 Å². The van der Waals surface area contributed by atoms with Crippen LogP contribution in [0.25, 0.3) is 0 Å². The van der Waals surface area contributed by atoms with Gasteiger partial charge in [0, 0.05) is 31.8 Å². The minimum atomic E-state index is -0.377. The van der Waals surface area contributed by atoms with Crippen molar-refractivity contribution < 1.29 is 14.3 Å². The monoisotopic (exact) mass is 323 g/mol. The summed E-state index contributed by atoms with van der Waals surface area (Å²) >= 11 is 1.33. The highest BCUT2D eigenvalue weighted by atomic mass is 32.1. The molecule has 0 saturated carbocycles. The van der Waals surface area contributed by atoms with E-state index in [0.29, 0.717) is 11.7 Å². The number of hydrogen-bond acceptors (Lipinski definition) is 6. The molecule has 0 radical (unpaired) electrons. The van der Waals surface area contributed by atoms with E-state index in [1.165, 1.54) is 28.2 Å². The molecule has 0 atom stereocenters. The Kier molecular flexibility index (Phi) is 5.29. The smallest absolute Gasteiger partial charge is 0.262 e. The van der Waals surface area contributed by atoms with E-state index in [4.69, 9.17) is 9.47 Å². The van der Waals surface area contributed by atoms with Crippen molar-refractivity contribution in [3.63, 3.8) is 0 Å². The summed E-state index contributed by atoms with van der Waals surface area (Å²) in [6.45, 7) is 2.46. The highest BCUT2D eigenvalue weighted by Crippen LogP contribution is 2.20. The van der Waals surface area contributed by atoms with Crippen molar-refractivity contribution in [1.29, 1.82) is 0 Å². The molecule has 0 aliphatic heterocycles. The van der Waals surface area contributed by atoms with Crippen LogP contribution in [-0.4, -0.2) is 35.8 Å². The van der Waals surface area contributed by atoms with Gasteiger partial charge in [-0.2, -0.15) is 0 Å². The first-order valence-corrected chi connectivity index (χ1v) is 7.45. The molecule has 2 rings (SSSR count). The standard InChI is InChI=1S/C14H17N3O4S/c1-9-8-22-14(15-9)16-13(19)10-7-17(2)12(18)6-11(10)21-5-4-20-3/h6-8H,4-5H2,1-3H3,(H,15,16,19). The molecule has 22 heavy (non-hydrogen) atoms. The number of aryl methyl sites for hydroxylation is 2. The molecule has 0 saturated heterocycles. The van der Waals surface area contributed by atoms with Crippen LogP contribution in [0.1, 0.15) is 16.1 Å². The van der Waals surface area contributed by atoms with Gasteiger partial charge in [-0.25, -0.2) is 4.98 Å². The lowest BCUT2D eigenvalue weighted by molar-refractivity contribution is 0.101. The van der Waals surface area contributed by atoms with Gasteiger partial charge in [0.2, 0.25) is 0 Å². The summed E-state index contributed by atoms with van der Waals surface area (Å²) in [5, 5.41) is 5.04. The van der Waals surface area contributed by atoms with Crippen molar-refractivity contribution in [1.82, 2.24) is 9.55 Å². The predicted octanol–water partition coefficient (Wildman–Crippen LogP) is 1.43. The summed E-state index contributed by atoms with van der Waals surface area (Å²) in [6, 6.07) is 1.29. The van der Waals surface area contributed by atoms with Gasteiger partial charge < -0.3 is 14.0 Å². The fraction of sp³-hybridized carbons (Fsp3) is 0.357. The molecule has 7 nitrogen and oxygen atoms in total. The Bertz CT molecular complexity index is 723. The number of pyridine rings is 1. The van der Waals surface area contributed by atoms with Crippen molar-refractivity contribution in [2.24, 2.45) is 7.05 Å². The first kappa shape index (κ1) is 16.2. The maximum atomic E-state index is 12.4. The van der Waals surface area contributed by atoms with Crippen LogP contribution in [0.5, 0.6) is 5.75 Å². The molecule has 2 aromatic heterocycles. The fourth-order valence-electron chi connectivity index (χ4n) is 1.71. The second kappa shape index (κ2) is 7.19. The average Bonchev–Trinajstić information content (AvgIpc) is 2.87. The van der Waals surface area contributed by atoms with Crippen LogP contribution < -0.4 is 15.6 Å². The Labute approximate surface area is 131 Å². The molecule has 1 amide bonds. The Morgan fingerprint density at radius 3 is 2.86 bits per heavy atom. The van der Waals surface area contributed by atoms with E-state index in [2.05, 4.69) is 10.3 Å². The molecule has 1 N–H and O–H groups in total. The number of thiazole rings is 1. The molecule has 8 heteroatoms. The number of anilines is 1. The van der Waals surface area contributed by atoms with Crippen molar-refractivity contribution in [2.45, 2.75) is 6.92 Å². The van der Waals surface area contributed by atoms with E-state index in [-0.39, 0.29) is 29.4 Å².